The second kappa shape index (κ2) is 19.9. The van der Waals surface area contributed by atoms with Gasteiger partial charge in [0.15, 0.2) is 12.1 Å². The normalized spacial score (nSPS) is 40.7. The first-order valence-electron chi connectivity index (χ1n) is 21.8. The number of fused-ring (bicyclic) bond motifs is 2. The summed E-state index contributed by atoms with van der Waals surface area (Å²) in [6.07, 6.45) is 18.7. The van der Waals surface area contributed by atoms with Gasteiger partial charge in [-0.2, -0.15) is 12.7 Å². The molecule has 3 unspecified atom stereocenters. The number of nitrogens with zero attached hydrogens (tertiary/aromatic N) is 1. The number of hydrogen-bond donors (Lipinski definition) is 2. The Labute approximate surface area is 367 Å². The molecule has 62 heavy (non-hydrogen) atoms. The summed E-state index contributed by atoms with van der Waals surface area (Å²) in [5, 5.41) is 23.7. The van der Waals surface area contributed by atoms with Crippen LogP contribution < -0.4 is 0 Å². The molecule has 16 atom stereocenters. The lowest BCUT2D eigenvalue weighted by Crippen LogP contribution is -2.58. The molecule has 14 nitrogen and oxygen atoms in total. The maximum absolute atomic E-state index is 14.3. The van der Waals surface area contributed by atoms with Crippen LogP contribution in [0.2, 0.25) is 0 Å². The van der Waals surface area contributed by atoms with Crippen LogP contribution >= 0.6 is 0 Å². The van der Waals surface area contributed by atoms with E-state index in [0.717, 1.165) is 16.3 Å². The molecule has 5 heterocycles. The number of methoxy groups -OCH3 is 1. The molecule has 0 aromatic rings. The highest BCUT2D eigenvalue weighted by atomic mass is 32.2. The van der Waals surface area contributed by atoms with Gasteiger partial charge in [0.2, 0.25) is 0 Å². The van der Waals surface area contributed by atoms with E-state index in [4.69, 9.17) is 50.2 Å². The van der Waals surface area contributed by atoms with Gasteiger partial charge in [-0.05, 0) is 55.9 Å². The number of aliphatic hydroxyl groups excluding tert-OH is 1. The van der Waals surface area contributed by atoms with Crippen molar-refractivity contribution >= 4 is 16.3 Å². The van der Waals surface area contributed by atoms with Gasteiger partial charge in [-0.25, -0.2) is 4.18 Å². The molecule has 0 aromatic heterocycles. The molecule has 0 saturated carbocycles. The van der Waals surface area contributed by atoms with Crippen LogP contribution in [-0.2, 0) is 52.4 Å². The zero-order valence-electron chi connectivity index (χ0n) is 37.2. The van der Waals surface area contributed by atoms with Gasteiger partial charge >= 0.3 is 16.3 Å². The van der Waals surface area contributed by atoms with Crippen LogP contribution in [0.25, 0.3) is 0 Å². The highest BCUT2D eigenvalue weighted by molar-refractivity contribution is 7.84. The largest absolute Gasteiger partial charge is 0.462 e. The number of rotatable bonds is 10. The van der Waals surface area contributed by atoms with Crippen LogP contribution in [0.4, 0.5) is 0 Å². The van der Waals surface area contributed by atoms with Crippen LogP contribution in [0, 0.1) is 48.4 Å². The lowest BCUT2D eigenvalue weighted by Gasteiger charge is -2.48. The molecule has 5 aliphatic heterocycles. The highest BCUT2D eigenvalue weighted by Crippen LogP contribution is 2.47. The predicted octanol–water partition coefficient (Wildman–Crippen LogP) is 4.68. The molecule has 342 valence electrons. The van der Waals surface area contributed by atoms with Gasteiger partial charge < -0.3 is 43.4 Å². The molecule has 0 radical (unpaired) electrons. The summed E-state index contributed by atoms with van der Waals surface area (Å²) in [4.78, 5) is 14.3. The minimum absolute atomic E-state index is 0.00856. The van der Waals surface area contributed by atoms with Gasteiger partial charge in [-0.15, -0.1) is 12.8 Å². The molecule has 0 aromatic carbocycles. The van der Waals surface area contributed by atoms with Crippen LogP contribution in [0.5, 0.6) is 0 Å². The average molecular weight is 884 g/mol. The number of hydrogen-bond acceptors (Lipinski definition) is 13. The van der Waals surface area contributed by atoms with Crippen molar-refractivity contribution in [3.63, 3.8) is 0 Å². The molecule has 2 bridgehead atoms. The Morgan fingerprint density at radius 2 is 1.77 bits per heavy atom. The summed E-state index contributed by atoms with van der Waals surface area (Å²) in [6, 6.07) is 0. The first-order valence-corrected chi connectivity index (χ1v) is 23.2. The number of ether oxygens (including phenoxy) is 7. The van der Waals surface area contributed by atoms with E-state index in [1.165, 1.54) is 7.11 Å². The summed E-state index contributed by atoms with van der Waals surface area (Å²) < 4.78 is 78.0. The molecule has 6 rings (SSSR count). The Balaban J connectivity index is 1.33. The molecule has 6 aliphatic rings. The number of esters is 1. The SMILES string of the molecule is C#CCN(CC#C)S(=O)(=O)OC1[C@H](C)O[C@@H](O[C@@H]2C(C)=CC[C@@H]3C[C@@H](C[C@]4(C=C[C@H](C)[C@@H](C(C)CC)O4)O3)OC(=O)[C@@H]3C=C(C)[C@@H](O)C4OCC(=CC=C[C@@H]2C)[C@]43O)C[C@@H]1OC. The fourth-order valence-corrected chi connectivity index (χ4v) is 10.8. The first kappa shape index (κ1) is 48.3. The molecule has 2 N–H and O–H groups in total. The zero-order valence-corrected chi connectivity index (χ0v) is 38.0. The summed E-state index contributed by atoms with van der Waals surface area (Å²) >= 11 is 0. The third-order valence-corrected chi connectivity index (χ3v) is 14.7. The Morgan fingerprint density at radius 3 is 2.45 bits per heavy atom. The van der Waals surface area contributed by atoms with E-state index < -0.39 is 88.7 Å². The summed E-state index contributed by atoms with van der Waals surface area (Å²) in [5.74, 6) is 1.78. The zero-order chi connectivity index (χ0) is 45.1. The fourth-order valence-electron chi connectivity index (χ4n) is 9.62. The van der Waals surface area contributed by atoms with Crippen molar-refractivity contribution in [1.29, 1.82) is 0 Å². The van der Waals surface area contributed by atoms with Crippen molar-refractivity contribution in [2.75, 3.05) is 26.8 Å². The molecule has 1 spiro atoms. The van der Waals surface area contributed by atoms with Crippen LogP contribution in [0.15, 0.2) is 59.3 Å². The van der Waals surface area contributed by atoms with Crippen molar-refractivity contribution in [3.05, 3.63) is 59.3 Å². The maximum Gasteiger partial charge on any atom is 0.340 e. The molecule has 3 fully saturated rings. The number of carbonyl (C=O) groups excluding carboxylic acids is 1. The van der Waals surface area contributed by atoms with Crippen molar-refractivity contribution in [2.24, 2.45) is 23.7 Å². The van der Waals surface area contributed by atoms with Crippen molar-refractivity contribution in [3.8, 4) is 24.7 Å². The van der Waals surface area contributed by atoms with E-state index in [9.17, 15) is 23.4 Å². The molecular weight excluding hydrogens is 819 g/mol. The standard InChI is InChI=1S/C47H65NO13S/c1-11-21-48(22-12-2)62(52,53)61-43-33(9)56-39(25-38(43)54-10)58-41-29(5)15-14-16-34-27-55-44-40(49)32(8)23-37(47(34,44)51)45(50)57-36-24-35(18-17-30(41)6)59-46(26-36)20-19-31(7)42(60-46)28(4)13-3/h1-2,14-17,19-20,23,28-29,31,33,35-44,49,51H,13,18,21-22,24-27H2,3-10H3/t28?,29-,31-,33-,35+,36-,37-,38-,39-,40+,41-,42+,43?,44?,46+,47+/m0/s1. The van der Waals surface area contributed by atoms with Crippen LogP contribution in [0.1, 0.15) is 80.6 Å². The van der Waals surface area contributed by atoms with Gasteiger partial charge in [-0.3, -0.25) is 4.79 Å². The Kier molecular flexibility index (Phi) is 15.5. The number of terminal acetylenes is 2. The topological polar surface area (TPSA) is 169 Å². The van der Waals surface area contributed by atoms with Gasteiger partial charge in [-0.1, -0.05) is 82.4 Å². The van der Waals surface area contributed by atoms with E-state index in [1.54, 1.807) is 32.1 Å². The van der Waals surface area contributed by atoms with Crippen LogP contribution in [0.3, 0.4) is 0 Å². The predicted molar refractivity (Wildman–Crippen MR) is 230 cm³/mol. The Bertz CT molecular complexity index is 1970. The van der Waals surface area contributed by atoms with E-state index in [-0.39, 0.29) is 56.4 Å². The van der Waals surface area contributed by atoms with Crippen molar-refractivity contribution in [2.45, 2.75) is 153 Å². The minimum atomic E-state index is -4.34. The average Bonchev–Trinajstić information content (AvgIpc) is 3.57. The van der Waals surface area contributed by atoms with Gasteiger partial charge in [0.1, 0.15) is 35.9 Å². The van der Waals surface area contributed by atoms with Crippen molar-refractivity contribution < 1.29 is 60.8 Å². The minimum Gasteiger partial charge on any atom is -0.462 e. The maximum atomic E-state index is 14.3. The third kappa shape index (κ3) is 10.0. The molecule has 1 aliphatic carbocycles. The van der Waals surface area contributed by atoms with Crippen LogP contribution in [-0.4, -0.2) is 128 Å². The monoisotopic (exact) mass is 883 g/mol. The second-order valence-electron chi connectivity index (χ2n) is 17.8. The van der Waals surface area contributed by atoms with E-state index >= 15 is 0 Å². The van der Waals surface area contributed by atoms with E-state index in [2.05, 4.69) is 44.8 Å². The Morgan fingerprint density at radius 1 is 1.05 bits per heavy atom. The number of allylic oxidation sites excluding steroid dienone is 2. The summed E-state index contributed by atoms with van der Waals surface area (Å²) in [6.45, 7) is 13.2. The van der Waals surface area contributed by atoms with E-state index in [1.807, 2.05) is 26.0 Å². The first-order chi connectivity index (χ1) is 29.4. The summed E-state index contributed by atoms with van der Waals surface area (Å²) in [5.41, 5.74) is -0.0705. The van der Waals surface area contributed by atoms with Gasteiger partial charge in [0.25, 0.3) is 0 Å². The van der Waals surface area contributed by atoms with Gasteiger partial charge in [0, 0.05) is 38.2 Å². The summed E-state index contributed by atoms with van der Waals surface area (Å²) in [7, 11) is -2.88. The number of carbonyl (C=O) groups is 1. The smallest absolute Gasteiger partial charge is 0.340 e. The quantitative estimate of drug-likeness (QED) is 0.177. The van der Waals surface area contributed by atoms with E-state index in [0.29, 0.717) is 24.0 Å². The van der Waals surface area contributed by atoms with Gasteiger partial charge in [0.05, 0.1) is 50.2 Å². The van der Waals surface area contributed by atoms with Crippen molar-refractivity contribution in [1.82, 2.24) is 4.31 Å². The highest BCUT2D eigenvalue weighted by Gasteiger charge is 2.60. The third-order valence-electron chi connectivity index (χ3n) is 13.3. The Hall–Kier alpha value is -3.16. The molecule has 3 saturated heterocycles. The fraction of sp³-hybridized carbons (Fsp3) is 0.681. The second-order valence-corrected chi connectivity index (χ2v) is 19.3. The molecule has 0 amide bonds. The lowest BCUT2D eigenvalue weighted by molar-refractivity contribution is -0.300. The lowest BCUT2D eigenvalue weighted by atomic mass is 9.71. The number of aliphatic hydroxyl groups is 2. The molecule has 15 heteroatoms. The molecular formula is C47H65NO13S.